The zero-order valence-electron chi connectivity index (χ0n) is 46.5. The average Bonchev–Trinajstić information content (AvgIpc) is 3.31. The Morgan fingerprint density at radius 2 is 0.812 bits per heavy atom. The highest BCUT2D eigenvalue weighted by molar-refractivity contribution is 7.45. The van der Waals surface area contributed by atoms with E-state index in [0.717, 1.165) is 44.9 Å². The lowest BCUT2D eigenvalue weighted by Crippen LogP contribution is -2.45. The second kappa shape index (κ2) is 51.6. The molecule has 0 aliphatic heterocycles. The molecule has 69 heavy (non-hydrogen) atoms. The monoisotopic (exact) mass is 993 g/mol. The van der Waals surface area contributed by atoms with Crippen molar-refractivity contribution in [2.45, 2.75) is 302 Å². The summed E-state index contributed by atoms with van der Waals surface area (Å²) in [7, 11) is 1.25. The fraction of sp³-hybridized carbons (Fsp3) is 0.883. The summed E-state index contributed by atoms with van der Waals surface area (Å²) < 4.78 is 23.3. The third-order valence-electron chi connectivity index (χ3n) is 13.6. The van der Waals surface area contributed by atoms with Crippen LogP contribution < -0.4 is 10.2 Å². The minimum absolute atomic E-state index is 0.00744. The molecule has 0 aromatic heterocycles. The third kappa shape index (κ3) is 54.3. The van der Waals surface area contributed by atoms with Crippen molar-refractivity contribution in [3.8, 4) is 0 Å². The van der Waals surface area contributed by atoms with Crippen molar-refractivity contribution in [3.05, 3.63) is 36.5 Å². The molecule has 1 amide bonds. The average molecular weight is 994 g/mol. The number of rotatable bonds is 55. The zero-order chi connectivity index (χ0) is 50.6. The summed E-state index contributed by atoms with van der Waals surface area (Å²) >= 11 is 0. The molecule has 0 aliphatic carbocycles. The molecule has 8 nitrogen and oxygen atoms in total. The molecule has 9 heteroatoms. The van der Waals surface area contributed by atoms with Gasteiger partial charge in [0.15, 0.2) is 0 Å². The van der Waals surface area contributed by atoms with E-state index in [1.54, 1.807) is 6.08 Å². The van der Waals surface area contributed by atoms with Gasteiger partial charge < -0.3 is 28.8 Å². The predicted octanol–water partition coefficient (Wildman–Crippen LogP) is 17.5. The molecule has 3 unspecified atom stereocenters. The summed E-state index contributed by atoms with van der Waals surface area (Å²) in [5, 5.41) is 13.9. The van der Waals surface area contributed by atoms with E-state index < -0.39 is 26.6 Å². The predicted molar refractivity (Wildman–Crippen MR) is 298 cm³/mol. The molecule has 0 rings (SSSR count). The van der Waals surface area contributed by atoms with Crippen LogP contribution in [0.2, 0.25) is 0 Å². The number of nitrogens with one attached hydrogen (secondary N) is 1. The Labute approximate surface area is 429 Å². The second-order valence-corrected chi connectivity index (χ2v) is 23.1. The molecule has 2 N–H and O–H groups in total. The number of allylic oxidation sites excluding steroid dienone is 5. The maximum Gasteiger partial charge on any atom is 0.268 e. The number of aliphatic hydroxyl groups excluding tert-OH is 1. The maximum atomic E-state index is 12.9. The van der Waals surface area contributed by atoms with Gasteiger partial charge in [0.05, 0.1) is 39.9 Å². The Balaban J connectivity index is 4.18. The number of carbonyl (C=O) groups is 1. The highest BCUT2D eigenvalue weighted by Gasteiger charge is 2.23. The number of phosphoric acid groups is 1. The quantitative estimate of drug-likeness (QED) is 0.0272. The maximum absolute atomic E-state index is 12.9. The van der Waals surface area contributed by atoms with Crippen LogP contribution >= 0.6 is 7.82 Å². The lowest BCUT2D eigenvalue weighted by atomic mass is 10.0. The number of quaternary nitrogens is 1. The van der Waals surface area contributed by atoms with Crippen LogP contribution in [0.3, 0.4) is 0 Å². The van der Waals surface area contributed by atoms with E-state index in [1.807, 2.05) is 27.2 Å². The third-order valence-corrected chi connectivity index (χ3v) is 14.5. The molecular formula is C60H117N2O6P. The van der Waals surface area contributed by atoms with E-state index in [9.17, 15) is 19.4 Å². The largest absolute Gasteiger partial charge is 0.756 e. The molecule has 0 heterocycles. The number of amides is 1. The molecule has 0 aliphatic rings. The van der Waals surface area contributed by atoms with Crippen LogP contribution in [0, 0.1) is 0 Å². The second-order valence-electron chi connectivity index (χ2n) is 21.7. The molecule has 408 valence electrons. The van der Waals surface area contributed by atoms with Crippen LogP contribution in [-0.4, -0.2) is 68.5 Å². The fourth-order valence-corrected chi connectivity index (χ4v) is 9.62. The number of phosphoric ester groups is 1. The van der Waals surface area contributed by atoms with Crippen LogP contribution in [0.1, 0.15) is 290 Å². The molecule has 0 bridgehead atoms. The minimum Gasteiger partial charge on any atom is -0.756 e. The van der Waals surface area contributed by atoms with Crippen molar-refractivity contribution in [2.24, 2.45) is 0 Å². The molecule has 0 saturated heterocycles. The molecule has 0 aromatic rings. The summed E-state index contributed by atoms with van der Waals surface area (Å²) in [6.07, 6.45) is 66.7. The van der Waals surface area contributed by atoms with Crippen molar-refractivity contribution in [2.75, 3.05) is 40.9 Å². The standard InChI is InChI=1S/C60H117N2O6P/c1-6-8-10-12-14-16-18-20-22-24-25-26-27-28-29-30-31-32-33-34-35-36-37-38-39-41-43-45-47-49-51-53-59(63)58(57-68-69(65,66)67-56-55-62(3,4)5)61-60(64)54-52-50-48-46-44-42-40-23-21-19-17-15-13-11-9-7-2/h37-38,43,45,51,53,58-59,63H,6-36,39-42,44,46-50,52,54-57H2,1-5H3,(H-,61,64,65,66)/b38-37+,45-43+,53-51+. The molecule has 3 atom stereocenters. The Hall–Kier alpha value is -1.28. The highest BCUT2D eigenvalue weighted by Crippen LogP contribution is 2.38. The Bertz CT molecular complexity index is 1220. The van der Waals surface area contributed by atoms with Crippen LogP contribution in [-0.2, 0) is 18.4 Å². The number of carbonyl (C=O) groups excluding carboxylic acids is 1. The van der Waals surface area contributed by atoms with Gasteiger partial charge in [0, 0.05) is 6.42 Å². The van der Waals surface area contributed by atoms with E-state index in [4.69, 9.17) is 9.05 Å². The van der Waals surface area contributed by atoms with Crippen molar-refractivity contribution in [3.63, 3.8) is 0 Å². The smallest absolute Gasteiger partial charge is 0.268 e. The molecule has 0 radical (unpaired) electrons. The van der Waals surface area contributed by atoms with E-state index >= 15 is 0 Å². The number of hydrogen-bond donors (Lipinski definition) is 2. The number of likely N-dealkylation sites (N-methyl/N-ethyl adjacent to an activating group) is 1. The Morgan fingerprint density at radius 3 is 1.17 bits per heavy atom. The van der Waals surface area contributed by atoms with Gasteiger partial charge in [-0.2, -0.15) is 0 Å². The topological polar surface area (TPSA) is 108 Å². The van der Waals surface area contributed by atoms with Gasteiger partial charge in [0.25, 0.3) is 7.82 Å². The molecule has 0 aromatic carbocycles. The van der Waals surface area contributed by atoms with Crippen LogP contribution in [0.5, 0.6) is 0 Å². The van der Waals surface area contributed by atoms with Gasteiger partial charge in [-0.3, -0.25) is 9.36 Å². The van der Waals surface area contributed by atoms with Gasteiger partial charge in [0.2, 0.25) is 5.91 Å². The summed E-state index contributed by atoms with van der Waals surface area (Å²) in [4.78, 5) is 25.5. The van der Waals surface area contributed by atoms with E-state index in [1.165, 1.54) is 225 Å². The minimum atomic E-state index is -4.61. The summed E-state index contributed by atoms with van der Waals surface area (Å²) in [5.74, 6) is -0.207. The van der Waals surface area contributed by atoms with E-state index in [-0.39, 0.29) is 12.5 Å². The Morgan fingerprint density at radius 1 is 0.493 bits per heavy atom. The summed E-state index contributed by atoms with van der Waals surface area (Å²) in [6.45, 7) is 4.66. The molecule has 0 fully saturated rings. The van der Waals surface area contributed by atoms with E-state index in [0.29, 0.717) is 17.4 Å². The highest BCUT2D eigenvalue weighted by atomic mass is 31.2. The zero-order valence-corrected chi connectivity index (χ0v) is 47.4. The van der Waals surface area contributed by atoms with Gasteiger partial charge >= 0.3 is 0 Å². The Kier molecular flexibility index (Phi) is 50.7. The fourth-order valence-electron chi connectivity index (χ4n) is 8.89. The molecular weight excluding hydrogens is 876 g/mol. The first kappa shape index (κ1) is 67.7. The van der Waals surface area contributed by atoms with Gasteiger partial charge in [-0.15, -0.1) is 0 Å². The summed E-state index contributed by atoms with van der Waals surface area (Å²) in [6, 6.07) is -0.907. The molecule has 0 saturated carbocycles. The van der Waals surface area contributed by atoms with Crippen LogP contribution in [0.4, 0.5) is 0 Å². The van der Waals surface area contributed by atoms with Crippen molar-refractivity contribution in [1.82, 2.24) is 5.32 Å². The van der Waals surface area contributed by atoms with Gasteiger partial charge in [-0.25, -0.2) is 0 Å². The first-order chi connectivity index (χ1) is 33.5. The van der Waals surface area contributed by atoms with Gasteiger partial charge in [-0.1, -0.05) is 275 Å². The van der Waals surface area contributed by atoms with E-state index in [2.05, 4.69) is 43.5 Å². The normalized spacial score (nSPS) is 14.1. The number of aliphatic hydroxyl groups is 1. The lowest BCUT2D eigenvalue weighted by molar-refractivity contribution is -0.870. The number of unbranched alkanes of at least 4 members (excludes halogenated alkanes) is 38. The number of hydrogen-bond acceptors (Lipinski definition) is 6. The van der Waals surface area contributed by atoms with Crippen molar-refractivity contribution < 1.29 is 32.9 Å². The first-order valence-corrected chi connectivity index (χ1v) is 31.3. The number of nitrogens with zero attached hydrogens (tertiary/aromatic N) is 1. The SMILES string of the molecule is CCCCCCCCCCCCCCCCCCCCCCC/C=C/CC/C=C/CC/C=C/C(O)C(COP(=O)([O-])OCC[N+](C)(C)C)NC(=O)CCCCCCCCCCCCCCCCCC. The van der Waals surface area contributed by atoms with Crippen LogP contribution in [0.25, 0.3) is 0 Å². The lowest BCUT2D eigenvalue weighted by Gasteiger charge is -2.29. The van der Waals surface area contributed by atoms with Gasteiger partial charge in [-0.05, 0) is 44.9 Å². The van der Waals surface area contributed by atoms with Gasteiger partial charge in [0.1, 0.15) is 13.2 Å². The molecule has 0 spiro atoms. The van der Waals surface area contributed by atoms with Crippen LogP contribution in [0.15, 0.2) is 36.5 Å². The first-order valence-electron chi connectivity index (χ1n) is 29.9. The van der Waals surface area contributed by atoms with Crippen molar-refractivity contribution in [1.29, 1.82) is 0 Å². The van der Waals surface area contributed by atoms with Crippen molar-refractivity contribution >= 4 is 13.7 Å². The summed E-state index contributed by atoms with van der Waals surface area (Å²) in [5.41, 5.74) is 0.